The van der Waals surface area contributed by atoms with Gasteiger partial charge >= 0.3 is 11.9 Å². The number of esters is 1. The van der Waals surface area contributed by atoms with Crippen molar-refractivity contribution in [1.82, 2.24) is 0 Å². The highest BCUT2D eigenvalue weighted by atomic mass is 35.6. The van der Waals surface area contributed by atoms with Crippen LogP contribution >= 0.6 is 58.0 Å². The van der Waals surface area contributed by atoms with Gasteiger partial charge in [-0.3, -0.25) is 4.79 Å². The van der Waals surface area contributed by atoms with E-state index in [0.717, 1.165) is 6.92 Å². The molecule has 0 aromatic rings. The fourth-order valence-electron chi connectivity index (χ4n) is 0.624. The first-order chi connectivity index (χ1) is 6.49. The fraction of sp³-hybridized carbons (Fsp3) is 0.667. The van der Waals surface area contributed by atoms with Crippen LogP contribution in [0, 0.1) is 0 Å². The minimum Gasteiger partial charge on any atom is -0.479 e. The van der Waals surface area contributed by atoms with Crippen molar-refractivity contribution in [3.05, 3.63) is 0 Å². The third-order valence-corrected chi connectivity index (χ3v) is 2.51. The Labute approximate surface area is 110 Å². The van der Waals surface area contributed by atoms with Gasteiger partial charge in [-0.2, -0.15) is 0 Å². The van der Waals surface area contributed by atoms with Crippen molar-refractivity contribution in [3.8, 4) is 0 Å². The second kappa shape index (κ2) is 5.15. The average molecular weight is 318 g/mol. The first-order valence-electron chi connectivity index (χ1n) is 3.34. The number of rotatable bonds is 3. The number of carboxylic acids is 1. The van der Waals surface area contributed by atoms with E-state index in [-0.39, 0.29) is 0 Å². The lowest BCUT2D eigenvalue weighted by Crippen LogP contribution is -2.49. The summed E-state index contributed by atoms with van der Waals surface area (Å²) in [5.41, 5.74) is 0. The number of hydrogen-bond acceptors (Lipinski definition) is 3. The number of alkyl halides is 5. The zero-order chi connectivity index (χ0) is 12.4. The molecule has 0 aliphatic heterocycles. The third kappa shape index (κ3) is 4.41. The summed E-state index contributed by atoms with van der Waals surface area (Å²) in [4.78, 5) is 21.3. The van der Waals surface area contributed by atoms with Gasteiger partial charge in [0.25, 0.3) is 4.33 Å². The maximum absolute atomic E-state index is 10.7. The first kappa shape index (κ1) is 15.4. The van der Waals surface area contributed by atoms with Crippen molar-refractivity contribution < 1.29 is 19.4 Å². The van der Waals surface area contributed by atoms with Gasteiger partial charge in [0.05, 0.1) is 0 Å². The van der Waals surface area contributed by atoms with Crippen molar-refractivity contribution in [1.29, 1.82) is 0 Å². The monoisotopic (exact) mass is 316 g/mol. The van der Waals surface area contributed by atoms with Crippen LogP contribution in [-0.4, -0.2) is 31.3 Å². The molecule has 0 aromatic heterocycles. The number of hydrogen-bond donors (Lipinski definition) is 1. The smallest absolute Gasteiger partial charge is 0.344 e. The fourth-order valence-corrected chi connectivity index (χ4v) is 2.00. The van der Waals surface area contributed by atoms with Crippen molar-refractivity contribution in [2.24, 2.45) is 0 Å². The standard InChI is InChI=1S/C6H5Cl5O4/c1-2(12)15-3(6(9,10)11)5(7,8)4(13)14/h3H,1H3,(H,13,14). The van der Waals surface area contributed by atoms with Gasteiger partial charge in [-0.15, -0.1) is 0 Å². The molecule has 0 aliphatic carbocycles. The van der Waals surface area contributed by atoms with Gasteiger partial charge in [-0.1, -0.05) is 58.0 Å². The van der Waals surface area contributed by atoms with Crippen LogP contribution in [0.25, 0.3) is 0 Å². The van der Waals surface area contributed by atoms with Crippen LogP contribution in [0.5, 0.6) is 0 Å². The maximum Gasteiger partial charge on any atom is 0.344 e. The van der Waals surface area contributed by atoms with Crippen LogP contribution in [0.4, 0.5) is 0 Å². The molecule has 15 heavy (non-hydrogen) atoms. The lowest BCUT2D eigenvalue weighted by atomic mass is 10.2. The van der Waals surface area contributed by atoms with E-state index in [2.05, 4.69) is 4.74 Å². The number of carbonyl (C=O) groups is 2. The predicted octanol–water partition coefficient (Wildman–Crippen LogP) is 2.55. The Bertz CT molecular complexity index is 271. The Morgan fingerprint density at radius 3 is 1.80 bits per heavy atom. The van der Waals surface area contributed by atoms with Gasteiger partial charge in [0.1, 0.15) is 0 Å². The third-order valence-electron chi connectivity index (χ3n) is 1.20. The lowest BCUT2D eigenvalue weighted by Gasteiger charge is -2.30. The molecule has 0 fully saturated rings. The average Bonchev–Trinajstić information content (AvgIpc) is 1.97. The summed E-state index contributed by atoms with van der Waals surface area (Å²) in [7, 11) is 0. The van der Waals surface area contributed by atoms with Gasteiger partial charge in [0, 0.05) is 6.92 Å². The molecule has 0 bridgehead atoms. The van der Waals surface area contributed by atoms with E-state index in [1.165, 1.54) is 0 Å². The second-order valence-corrected chi connectivity index (χ2v) is 6.21. The van der Waals surface area contributed by atoms with Crippen molar-refractivity contribution in [2.75, 3.05) is 0 Å². The Morgan fingerprint density at radius 2 is 1.60 bits per heavy atom. The molecule has 0 heterocycles. The summed E-state index contributed by atoms with van der Waals surface area (Å²) in [5.74, 6) is -2.57. The van der Waals surface area contributed by atoms with Crippen LogP contribution in [-0.2, 0) is 14.3 Å². The first-order valence-corrected chi connectivity index (χ1v) is 5.23. The van der Waals surface area contributed by atoms with Crippen LogP contribution in [0.2, 0.25) is 0 Å². The topological polar surface area (TPSA) is 63.6 Å². The van der Waals surface area contributed by atoms with E-state index in [9.17, 15) is 9.59 Å². The van der Waals surface area contributed by atoms with E-state index in [0.29, 0.717) is 0 Å². The molecule has 9 heteroatoms. The summed E-state index contributed by atoms with van der Waals surface area (Å²) < 4.78 is -0.340. The van der Waals surface area contributed by atoms with Crippen LogP contribution in [0.1, 0.15) is 6.92 Å². The summed E-state index contributed by atoms with van der Waals surface area (Å²) in [6, 6.07) is 0. The molecule has 0 spiro atoms. The Kier molecular flexibility index (Phi) is 5.28. The predicted molar refractivity (Wildman–Crippen MR) is 57.9 cm³/mol. The second-order valence-electron chi connectivity index (χ2n) is 2.46. The quantitative estimate of drug-likeness (QED) is 0.641. The van der Waals surface area contributed by atoms with Crippen molar-refractivity contribution >= 4 is 69.9 Å². The van der Waals surface area contributed by atoms with E-state index in [1.807, 2.05) is 0 Å². The molecular formula is C6H5Cl5O4. The summed E-state index contributed by atoms with van der Waals surface area (Å²) in [6.45, 7) is 0.995. The molecule has 88 valence electrons. The van der Waals surface area contributed by atoms with E-state index >= 15 is 0 Å². The van der Waals surface area contributed by atoms with Gasteiger partial charge < -0.3 is 9.84 Å². The molecular weight excluding hydrogens is 313 g/mol. The van der Waals surface area contributed by atoms with Gasteiger partial charge in [-0.05, 0) is 0 Å². The molecule has 0 amide bonds. The summed E-state index contributed by atoms with van der Waals surface area (Å²) >= 11 is 27.0. The Morgan fingerprint density at radius 1 is 1.20 bits per heavy atom. The highest BCUT2D eigenvalue weighted by Crippen LogP contribution is 2.43. The van der Waals surface area contributed by atoms with Gasteiger partial charge in [0.15, 0.2) is 6.10 Å². The van der Waals surface area contributed by atoms with Crippen molar-refractivity contribution in [2.45, 2.75) is 21.2 Å². The minimum atomic E-state index is -2.54. The molecule has 0 saturated heterocycles. The number of ether oxygens (including phenoxy) is 1. The molecule has 0 aliphatic rings. The van der Waals surface area contributed by atoms with E-state index in [4.69, 9.17) is 63.1 Å². The maximum atomic E-state index is 10.7. The lowest BCUT2D eigenvalue weighted by molar-refractivity contribution is -0.151. The molecule has 1 unspecified atom stereocenters. The molecule has 0 aromatic carbocycles. The molecule has 0 saturated carbocycles. The largest absolute Gasteiger partial charge is 0.479 e. The van der Waals surface area contributed by atoms with E-state index in [1.54, 1.807) is 0 Å². The van der Waals surface area contributed by atoms with Gasteiger partial charge in [-0.25, -0.2) is 4.79 Å². The van der Waals surface area contributed by atoms with Gasteiger partial charge in [0.2, 0.25) is 3.79 Å². The number of halogens is 5. The molecule has 1 N–H and O–H groups in total. The summed E-state index contributed by atoms with van der Waals surface area (Å²) in [5, 5.41) is 8.66. The molecule has 0 rings (SSSR count). The molecule has 0 radical (unpaired) electrons. The van der Waals surface area contributed by atoms with Crippen molar-refractivity contribution in [3.63, 3.8) is 0 Å². The molecule has 1 atom stereocenters. The summed E-state index contributed by atoms with van der Waals surface area (Å²) in [6.07, 6.45) is -1.83. The van der Waals surface area contributed by atoms with E-state index < -0.39 is 26.2 Å². The number of carboxylic acid groups (broad SMARTS) is 1. The van der Waals surface area contributed by atoms with Crippen LogP contribution in [0.3, 0.4) is 0 Å². The minimum absolute atomic E-state index is 0.877. The van der Waals surface area contributed by atoms with Crippen LogP contribution < -0.4 is 0 Å². The Hall–Kier alpha value is 0.390. The highest BCUT2D eigenvalue weighted by molar-refractivity contribution is 6.70. The highest BCUT2D eigenvalue weighted by Gasteiger charge is 2.55. The molecule has 4 nitrogen and oxygen atoms in total. The van der Waals surface area contributed by atoms with Crippen LogP contribution in [0.15, 0.2) is 0 Å². The Balaban J connectivity index is 5.11. The number of carbonyl (C=O) groups excluding carboxylic acids is 1. The normalized spacial score (nSPS) is 14.5. The zero-order valence-corrected chi connectivity index (χ0v) is 10.9. The SMILES string of the molecule is CC(=O)OC(C(Cl)(Cl)Cl)C(Cl)(Cl)C(=O)O. The zero-order valence-electron chi connectivity index (χ0n) is 7.14. The number of aliphatic carboxylic acids is 1.